The highest BCUT2D eigenvalue weighted by molar-refractivity contribution is 7.92. The van der Waals surface area contributed by atoms with Gasteiger partial charge in [-0.1, -0.05) is 59.7 Å². The molecular formula is C27H21NO2S. The Hall–Kier alpha value is -3.91. The second-order valence-electron chi connectivity index (χ2n) is 6.92. The Kier molecular flexibility index (Phi) is 6.84. The van der Waals surface area contributed by atoms with Crippen LogP contribution in [-0.4, -0.2) is 15.0 Å². The van der Waals surface area contributed by atoms with Crippen LogP contribution in [0.3, 0.4) is 0 Å². The van der Waals surface area contributed by atoms with E-state index in [2.05, 4.69) is 29.6 Å². The second-order valence-corrected chi connectivity index (χ2v) is 8.78. The van der Waals surface area contributed by atoms with Crippen LogP contribution < -0.4 is 4.31 Å². The third-order valence-corrected chi connectivity index (χ3v) is 6.28. The van der Waals surface area contributed by atoms with Crippen LogP contribution >= 0.6 is 0 Å². The summed E-state index contributed by atoms with van der Waals surface area (Å²) in [6, 6.07) is 21.6. The fraction of sp³-hybridized carbons (Fsp3) is 0.111. The molecule has 4 heteroatoms. The first-order chi connectivity index (χ1) is 14.9. The molecule has 31 heavy (non-hydrogen) atoms. The van der Waals surface area contributed by atoms with Gasteiger partial charge in [-0.3, -0.25) is 4.31 Å². The number of benzene rings is 3. The molecule has 0 saturated heterocycles. The molecule has 0 spiro atoms. The van der Waals surface area contributed by atoms with Crippen molar-refractivity contribution in [1.29, 1.82) is 0 Å². The number of sulfonamides is 1. The monoisotopic (exact) mass is 423 g/mol. The van der Waals surface area contributed by atoms with Crippen molar-refractivity contribution in [3.63, 3.8) is 0 Å². The number of hydrogen-bond acceptors (Lipinski definition) is 2. The molecule has 0 atom stereocenters. The molecule has 0 aliphatic rings. The Labute approximate surface area is 184 Å². The van der Waals surface area contributed by atoms with Crippen molar-refractivity contribution in [3.8, 4) is 36.0 Å². The molecule has 0 N–H and O–H groups in total. The van der Waals surface area contributed by atoms with Gasteiger partial charge in [0.1, 0.15) is 0 Å². The fourth-order valence-electron chi connectivity index (χ4n) is 2.91. The Bertz CT molecular complexity index is 1340. The lowest BCUT2D eigenvalue weighted by atomic mass is 10.1. The van der Waals surface area contributed by atoms with Crippen LogP contribution in [0.2, 0.25) is 0 Å². The normalized spacial score (nSPS) is 10.1. The van der Waals surface area contributed by atoms with Crippen molar-refractivity contribution >= 4 is 15.7 Å². The zero-order valence-electron chi connectivity index (χ0n) is 17.4. The van der Waals surface area contributed by atoms with Crippen molar-refractivity contribution < 1.29 is 8.42 Å². The molecule has 0 saturated carbocycles. The first-order valence-corrected chi connectivity index (χ1v) is 11.1. The largest absolute Gasteiger partial charge is 0.265 e. The van der Waals surface area contributed by atoms with Crippen LogP contribution in [0.25, 0.3) is 0 Å². The van der Waals surface area contributed by atoms with E-state index >= 15 is 0 Å². The van der Waals surface area contributed by atoms with Crippen molar-refractivity contribution in [1.82, 2.24) is 0 Å². The summed E-state index contributed by atoms with van der Waals surface area (Å²) in [4.78, 5) is 0.178. The van der Waals surface area contributed by atoms with Gasteiger partial charge in [0.2, 0.25) is 0 Å². The van der Waals surface area contributed by atoms with Crippen LogP contribution in [0.4, 0.5) is 5.69 Å². The van der Waals surface area contributed by atoms with Crippen molar-refractivity contribution in [2.75, 3.05) is 10.8 Å². The van der Waals surface area contributed by atoms with E-state index in [1.54, 1.807) is 30.3 Å². The summed E-state index contributed by atoms with van der Waals surface area (Å²) in [6.45, 7) is 3.72. The van der Waals surface area contributed by atoms with Crippen molar-refractivity contribution in [2.24, 2.45) is 0 Å². The zero-order chi connectivity index (χ0) is 22.3. The van der Waals surface area contributed by atoms with Crippen molar-refractivity contribution in [3.05, 3.63) is 95.1 Å². The smallest absolute Gasteiger partial charge is 0.253 e. The maximum atomic E-state index is 13.3. The number of terminal acetylenes is 1. The van der Waals surface area contributed by atoms with Crippen LogP contribution in [0.15, 0.2) is 77.7 Å². The molecule has 0 bridgehead atoms. The van der Waals surface area contributed by atoms with E-state index in [9.17, 15) is 8.42 Å². The van der Waals surface area contributed by atoms with Gasteiger partial charge in [-0.05, 0) is 67.6 Å². The summed E-state index contributed by atoms with van der Waals surface area (Å²) in [5, 5.41) is 0. The Balaban J connectivity index is 2.04. The minimum atomic E-state index is -3.85. The van der Waals surface area contributed by atoms with E-state index in [1.807, 2.05) is 56.3 Å². The molecule has 0 aliphatic heterocycles. The van der Waals surface area contributed by atoms with Gasteiger partial charge in [0.05, 0.1) is 22.7 Å². The van der Waals surface area contributed by atoms with Gasteiger partial charge in [0.15, 0.2) is 0 Å². The SMILES string of the molecule is C#CCN(c1ccc(C)cc1C#CC#Cc1ccccc1)S(=O)(=O)c1ccc(C)cc1. The Morgan fingerprint density at radius 2 is 1.48 bits per heavy atom. The summed E-state index contributed by atoms with van der Waals surface area (Å²) in [6.07, 6.45) is 5.52. The number of hydrogen-bond donors (Lipinski definition) is 0. The highest BCUT2D eigenvalue weighted by Gasteiger charge is 2.26. The molecule has 0 unspecified atom stereocenters. The standard InChI is InChI=1S/C27H21NO2S/c1-4-20-28(31(29,30)26-17-14-22(2)15-18-26)27-19-16-23(3)21-25(27)13-9-8-12-24-10-6-5-7-11-24/h1,5-7,10-11,14-19,21H,20H2,2-3H3. The Morgan fingerprint density at radius 3 is 2.16 bits per heavy atom. The number of rotatable bonds is 4. The summed E-state index contributed by atoms with van der Waals surface area (Å²) in [5.41, 5.74) is 3.77. The summed E-state index contributed by atoms with van der Waals surface area (Å²) >= 11 is 0. The van der Waals surface area contributed by atoms with E-state index in [1.165, 1.54) is 4.31 Å². The molecule has 0 heterocycles. The van der Waals surface area contributed by atoms with Gasteiger partial charge in [-0.25, -0.2) is 8.42 Å². The molecule has 3 nitrogen and oxygen atoms in total. The molecule has 0 fully saturated rings. The van der Waals surface area contributed by atoms with Crippen LogP contribution in [-0.2, 0) is 10.0 Å². The first-order valence-electron chi connectivity index (χ1n) is 9.62. The predicted molar refractivity (Wildman–Crippen MR) is 126 cm³/mol. The molecule has 3 aromatic carbocycles. The van der Waals surface area contributed by atoms with E-state index < -0.39 is 10.0 Å². The van der Waals surface area contributed by atoms with E-state index in [0.717, 1.165) is 16.7 Å². The zero-order valence-corrected chi connectivity index (χ0v) is 18.2. The molecule has 3 aromatic rings. The molecule has 3 rings (SSSR count). The Morgan fingerprint density at radius 1 is 0.839 bits per heavy atom. The number of nitrogens with zero attached hydrogens (tertiary/aromatic N) is 1. The molecule has 0 aliphatic carbocycles. The lowest BCUT2D eigenvalue weighted by Crippen LogP contribution is -2.32. The maximum absolute atomic E-state index is 13.3. The molecule has 0 radical (unpaired) electrons. The first kappa shape index (κ1) is 21.8. The van der Waals surface area contributed by atoms with Crippen LogP contribution in [0.5, 0.6) is 0 Å². The van der Waals surface area contributed by atoms with Gasteiger partial charge in [0.25, 0.3) is 10.0 Å². The molecule has 152 valence electrons. The maximum Gasteiger partial charge on any atom is 0.265 e. The van der Waals surface area contributed by atoms with Crippen LogP contribution in [0.1, 0.15) is 22.3 Å². The topological polar surface area (TPSA) is 37.4 Å². The second kappa shape index (κ2) is 9.73. The van der Waals surface area contributed by atoms with Gasteiger partial charge < -0.3 is 0 Å². The fourth-order valence-corrected chi connectivity index (χ4v) is 4.31. The van der Waals surface area contributed by atoms with Gasteiger partial charge in [0, 0.05) is 5.56 Å². The highest BCUT2D eigenvalue weighted by Crippen LogP contribution is 2.27. The van der Waals surface area contributed by atoms with E-state index in [0.29, 0.717) is 11.3 Å². The van der Waals surface area contributed by atoms with Crippen LogP contribution in [0, 0.1) is 49.9 Å². The average molecular weight is 424 g/mol. The third-order valence-electron chi connectivity index (χ3n) is 4.50. The van der Waals surface area contributed by atoms with Gasteiger partial charge in [-0.15, -0.1) is 6.42 Å². The lowest BCUT2D eigenvalue weighted by Gasteiger charge is -2.24. The molecule has 0 amide bonds. The van der Waals surface area contributed by atoms with Gasteiger partial charge >= 0.3 is 0 Å². The van der Waals surface area contributed by atoms with Gasteiger partial charge in [-0.2, -0.15) is 0 Å². The minimum Gasteiger partial charge on any atom is -0.253 e. The number of aryl methyl sites for hydroxylation is 2. The third kappa shape index (κ3) is 5.37. The molecular weight excluding hydrogens is 402 g/mol. The average Bonchev–Trinajstić information content (AvgIpc) is 2.76. The van der Waals surface area contributed by atoms with Crippen molar-refractivity contribution in [2.45, 2.75) is 18.7 Å². The summed E-state index contributed by atoms with van der Waals surface area (Å²) in [7, 11) is -3.85. The quantitative estimate of drug-likeness (QED) is 0.578. The molecule has 0 aromatic heterocycles. The highest BCUT2D eigenvalue weighted by atomic mass is 32.2. The summed E-state index contributed by atoms with van der Waals surface area (Å²) < 4.78 is 27.9. The number of anilines is 1. The lowest BCUT2D eigenvalue weighted by molar-refractivity contribution is 0.593. The predicted octanol–water partition coefficient (Wildman–Crippen LogP) is 4.54. The summed E-state index contributed by atoms with van der Waals surface area (Å²) in [5.74, 6) is 14.1. The van der Waals surface area contributed by atoms with E-state index in [4.69, 9.17) is 6.42 Å². The van der Waals surface area contributed by atoms with E-state index in [-0.39, 0.29) is 11.4 Å². The minimum absolute atomic E-state index is 0.107.